The second-order valence-corrected chi connectivity index (χ2v) is 2.71. The first-order chi connectivity index (χ1) is 6.68. The van der Waals surface area contributed by atoms with Gasteiger partial charge in [-0.2, -0.15) is 0 Å². The number of nitrogens with two attached hydrogens (primary N) is 1. The van der Waals surface area contributed by atoms with Gasteiger partial charge in [-0.05, 0) is 12.1 Å². The molecule has 1 aromatic heterocycles. The van der Waals surface area contributed by atoms with Crippen molar-refractivity contribution in [2.75, 3.05) is 5.73 Å². The second kappa shape index (κ2) is 3.10. The number of anilines is 1. The fourth-order valence-electron chi connectivity index (χ4n) is 1.15. The maximum Gasteiger partial charge on any atom is 0.222 e. The Morgan fingerprint density at radius 2 is 1.86 bits per heavy atom. The molecule has 2 aromatic rings. The van der Waals surface area contributed by atoms with Gasteiger partial charge in [0.25, 0.3) is 0 Å². The minimum absolute atomic E-state index is 0.0163. The SMILES string of the molecule is Nc1cc(-c2c(F)cccc2F)no1. The lowest BCUT2D eigenvalue weighted by atomic mass is 10.1. The van der Waals surface area contributed by atoms with Crippen LogP contribution in [0.1, 0.15) is 0 Å². The van der Waals surface area contributed by atoms with E-state index in [1.165, 1.54) is 12.1 Å². The average molecular weight is 196 g/mol. The molecule has 0 unspecified atom stereocenters. The highest BCUT2D eigenvalue weighted by Gasteiger charge is 2.14. The van der Waals surface area contributed by atoms with E-state index in [9.17, 15) is 8.78 Å². The third-order valence-corrected chi connectivity index (χ3v) is 1.75. The van der Waals surface area contributed by atoms with Crippen LogP contribution >= 0.6 is 0 Å². The minimum Gasteiger partial charge on any atom is -0.368 e. The van der Waals surface area contributed by atoms with E-state index in [4.69, 9.17) is 5.73 Å². The van der Waals surface area contributed by atoms with Crippen molar-refractivity contribution in [3.05, 3.63) is 35.9 Å². The van der Waals surface area contributed by atoms with Crippen LogP contribution in [-0.2, 0) is 0 Å². The zero-order valence-electron chi connectivity index (χ0n) is 7.00. The highest BCUT2D eigenvalue weighted by Crippen LogP contribution is 2.25. The van der Waals surface area contributed by atoms with Gasteiger partial charge in [0, 0.05) is 6.07 Å². The molecule has 5 heteroatoms. The van der Waals surface area contributed by atoms with Crippen molar-refractivity contribution in [3.8, 4) is 11.3 Å². The van der Waals surface area contributed by atoms with E-state index in [-0.39, 0.29) is 17.1 Å². The quantitative estimate of drug-likeness (QED) is 0.760. The molecule has 0 aliphatic heterocycles. The summed E-state index contributed by atoms with van der Waals surface area (Å²) in [6.07, 6.45) is 0. The van der Waals surface area contributed by atoms with Gasteiger partial charge in [0.1, 0.15) is 17.3 Å². The van der Waals surface area contributed by atoms with Crippen LogP contribution in [0.15, 0.2) is 28.8 Å². The Labute approximate surface area is 78.1 Å². The molecule has 0 bridgehead atoms. The predicted octanol–water partition coefficient (Wildman–Crippen LogP) is 2.20. The van der Waals surface area contributed by atoms with E-state index >= 15 is 0 Å². The Morgan fingerprint density at radius 1 is 1.21 bits per heavy atom. The molecule has 2 rings (SSSR count). The van der Waals surface area contributed by atoms with Crippen LogP contribution in [0.4, 0.5) is 14.7 Å². The molecule has 0 saturated heterocycles. The zero-order valence-corrected chi connectivity index (χ0v) is 7.00. The summed E-state index contributed by atoms with van der Waals surface area (Å²) in [7, 11) is 0. The number of nitrogens with zero attached hydrogens (tertiary/aromatic N) is 1. The summed E-state index contributed by atoms with van der Waals surface area (Å²) < 4.78 is 30.9. The molecule has 72 valence electrons. The van der Waals surface area contributed by atoms with E-state index in [2.05, 4.69) is 9.68 Å². The fraction of sp³-hybridized carbons (Fsp3) is 0. The molecule has 0 saturated carbocycles. The Hall–Kier alpha value is -1.91. The fourth-order valence-corrected chi connectivity index (χ4v) is 1.15. The van der Waals surface area contributed by atoms with Crippen molar-refractivity contribution in [1.82, 2.24) is 5.16 Å². The first-order valence-electron chi connectivity index (χ1n) is 3.85. The lowest BCUT2D eigenvalue weighted by Crippen LogP contribution is -1.89. The minimum atomic E-state index is -0.696. The molecule has 1 aromatic carbocycles. The number of rotatable bonds is 1. The van der Waals surface area contributed by atoms with E-state index in [1.807, 2.05) is 0 Å². The van der Waals surface area contributed by atoms with Crippen LogP contribution in [0.25, 0.3) is 11.3 Å². The molecular weight excluding hydrogens is 190 g/mol. The Balaban J connectivity index is 2.61. The van der Waals surface area contributed by atoms with Gasteiger partial charge in [-0.15, -0.1) is 0 Å². The van der Waals surface area contributed by atoms with Crippen molar-refractivity contribution in [2.45, 2.75) is 0 Å². The maximum absolute atomic E-state index is 13.2. The summed E-state index contributed by atoms with van der Waals surface area (Å²) in [4.78, 5) is 0. The molecule has 1 heterocycles. The second-order valence-electron chi connectivity index (χ2n) is 2.71. The van der Waals surface area contributed by atoms with Crippen molar-refractivity contribution < 1.29 is 13.3 Å². The standard InChI is InChI=1S/C9H6F2N2O/c10-5-2-1-3-6(11)9(5)7-4-8(12)14-13-7/h1-4H,12H2. The van der Waals surface area contributed by atoms with Crippen LogP contribution in [-0.4, -0.2) is 5.16 Å². The number of benzene rings is 1. The van der Waals surface area contributed by atoms with Crippen LogP contribution in [0, 0.1) is 11.6 Å². The monoisotopic (exact) mass is 196 g/mol. The first kappa shape index (κ1) is 8.68. The predicted molar refractivity (Wildman–Crippen MR) is 46.3 cm³/mol. The van der Waals surface area contributed by atoms with Gasteiger partial charge < -0.3 is 10.3 Å². The molecule has 0 atom stereocenters. The van der Waals surface area contributed by atoms with E-state index in [1.54, 1.807) is 0 Å². The first-order valence-corrected chi connectivity index (χ1v) is 3.85. The molecule has 2 N–H and O–H groups in total. The smallest absolute Gasteiger partial charge is 0.222 e. The summed E-state index contributed by atoms with van der Waals surface area (Å²) >= 11 is 0. The Bertz CT molecular complexity index is 447. The van der Waals surface area contributed by atoms with Gasteiger partial charge in [0.05, 0.1) is 5.56 Å². The third-order valence-electron chi connectivity index (χ3n) is 1.75. The van der Waals surface area contributed by atoms with E-state index < -0.39 is 11.6 Å². The normalized spacial score (nSPS) is 10.4. The third kappa shape index (κ3) is 1.32. The van der Waals surface area contributed by atoms with Gasteiger partial charge in [0.2, 0.25) is 5.88 Å². The molecule has 0 fully saturated rings. The Kier molecular flexibility index (Phi) is 1.92. The van der Waals surface area contributed by atoms with Gasteiger partial charge in [-0.1, -0.05) is 11.2 Å². The van der Waals surface area contributed by atoms with Crippen molar-refractivity contribution in [3.63, 3.8) is 0 Å². The van der Waals surface area contributed by atoms with Gasteiger partial charge in [0.15, 0.2) is 0 Å². The molecule has 14 heavy (non-hydrogen) atoms. The lowest BCUT2D eigenvalue weighted by Gasteiger charge is -1.98. The number of halogens is 2. The average Bonchev–Trinajstić information content (AvgIpc) is 2.51. The largest absolute Gasteiger partial charge is 0.368 e. The zero-order chi connectivity index (χ0) is 10.1. The molecular formula is C9H6F2N2O. The number of aromatic nitrogens is 1. The van der Waals surface area contributed by atoms with Crippen molar-refractivity contribution in [2.24, 2.45) is 0 Å². The molecule has 0 aliphatic rings. The summed E-state index contributed by atoms with van der Waals surface area (Å²) in [5.74, 6) is -1.38. The van der Waals surface area contributed by atoms with E-state index in [0.29, 0.717) is 0 Å². The van der Waals surface area contributed by atoms with Gasteiger partial charge in [-0.25, -0.2) is 8.78 Å². The van der Waals surface area contributed by atoms with E-state index in [0.717, 1.165) is 12.1 Å². The summed E-state index contributed by atoms with van der Waals surface area (Å²) in [6.45, 7) is 0. The molecule has 3 nitrogen and oxygen atoms in total. The maximum atomic E-state index is 13.2. The highest BCUT2D eigenvalue weighted by molar-refractivity contribution is 5.62. The molecule has 0 spiro atoms. The van der Waals surface area contributed by atoms with Crippen LogP contribution in [0.3, 0.4) is 0 Å². The van der Waals surface area contributed by atoms with Crippen molar-refractivity contribution >= 4 is 5.88 Å². The number of hydrogen-bond acceptors (Lipinski definition) is 3. The highest BCUT2D eigenvalue weighted by atomic mass is 19.1. The summed E-state index contributed by atoms with van der Waals surface area (Å²) in [6, 6.07) is 4.83. The molecule has 0 amide bonds. The van der Waals surface area contributed by atoms with Crippen LogP contribution in [0.5, 0.6) is 0 Å². The topological polar surface area (TPSA) is 52.0 Å². The van der Waals surface area contributed by atoms with Crippen LogP contribution in [0.2, 0.25) is 0 Å². The molecule has 0 radical (unpaired) electrons. The lowest BCUT2D eigenvalue weighted by molar-refractivity contribution is 0.438. The van der Waals surface area contributed by atoms with Gasteiger partial charge in [-0.3, -0.25) is 0 Å². The van der Waals surface area contributed by atoms with Crippen LogP contribution < -0.4 is 5.73 Å². The number of hydrogen-bond donors (Lipinski definition) is 1. The van der Waals surface area contributed by atoms with Crippen molar-refractivity contribution in [1.29, 1.82) is 0 Å². The molecule has 0 aliphatic carbocycles. The summed E-state index contributed by atoms with van der Waals surface area (Å²) in [5, 5.41) is 3.43. The summed E-state index contributed by atoms with van der Waals surface area (Å²) in [5.41, 5.74) is 5.07. The van der Waals surface area contributed by atoms with Gasteiger partial charge >= 0.3 is 0 Å². The number of nitrogen functional groups attached to an aromatic ring is 1. The Morgan fingerprint density at radius 3 is 2.36 bits per heavy atom.